The molecule has 2 aromatic heterocycles. The molecule has 0 fully saturated rings. The van der Waals surface area contributed by atoms with Crippen LogP contribution in [-0.4, -0.2) is 19.7 Å². The van der Waals surface area contributed by atoms with Crippen molar-refractivity contribution in [2.24, 2.45) is 0 Å². The molecule has 5 heteroatoms. The molecule has 0 saturated carbocycles. The third kappa shape index (κ3) is 2.03. The summed E-state index contributed by atoms with van der Waals surface area (Å²) in [5, 5.41) is 4.05. The van der Waals surface area contributed by atoms with Gasteiger partial charge in [-0.1, -0.05) is 20.8 Å². The lowest BCUT2D eigenvalue weighted by molar-refractivity contribution is 0.561. The predicted octanol–water partition coefficient (Wildman–Crippen LogP) is 1.25. The summed E-state index contributed by atoms with van der Waals surface area (Å²) in [6.07, 6.45) is 3.41. The Morgan fingerprint density at radius 3 is 2.69 bits per heavy atom. The highest BCUT2D eigenvalue weighted by Gasteiger charge is 2.16. The summed E-state index contributed by atoms with van der Waals surface area (Å²) in [7, 11) is 0. The summed E-state index contributed by atoms with van der Waals surface area (Å²) in [6.45, 7) is 6.10. The molecule has 2 rings (SSSR count). The van der Waals surface area contributed by atoms with Crippen LogP contribution >= 0.6 is 0 Å². The molecule has 84 valence electrons. The average molecular weight is 218 g/mol. The van der Waals surface area contributed by atoms with Crippen LogP contribution in [0.15, 0.2) is 29.3 Å². The highest BCUT2D eigenvalue weighted by molar-refractivity contribution is 5.25. The molecule has 0 bridgehead atoms. The molecule has 0 atom stereocenters. The topological polar surface area (TPSA) is 63.6 Å². The van der Waals surface area contributed by atoms with Crippen molar-refractivity contribution in [3.05, 3.63) is 40.7 Å². The first-order valence-corrected chi connectivity index (χ1v) is 5.09. The number of aromatic nitrogens is 4. The molecule has 0 aliphatic carbocycles. The van der Waals surface area contributed by atoms with E-state index < -0.39 is 0 Å². The molecule has 0 radical (unpaired) electrons. The Balaban J connectivity index is 2.57. The van der Waals surface area contributed by atoms with E-state index in [2.05, 4.69) is 15.1 Å². The van der Waals surface area contributed by atoms with Crippen LogP contribution in [0.1, 0.15) is 26.5 Å². The smallest absolute Gasteiger partial charge is 0.309 e. The Kier molecular flexibility index (Phi) is 2.38. The molecule has 2 aromatic rings. The molecule has 0 saturated heterocycles. The Morgan fingerprint density at radius 1 is 1.38 bits per heavy atom. The van der Waals surface area contributed by atoms with E-state index in [4.69, 9.17) is 0 Å². The fourth-order valence-corrected chi connectivity index (χ4v) is 1.37. The maximum atomic E-state index is 11.4. The molecule has 0 amide bonds. The van der Waals surface area contributed by atoms with Crippen molar-refractivity contribution in [3.63, 3.8) is 0 Å². The minimum absolute atomic E-state index is 0.121. The average Bonchev–Trinajstić information content (AvgIpc) is 2.68. The van der Waals surface area contributed by atoms with Crippen LogP contribution < -0.4 is 5.69 Å². The van der Waals surface area contributed by atoms with Crippen LogP contribution in [-0.2, 0) is 5.41 Å². The van der Waals surface area contributed by atoms with E-state index in [0.717, 1.165) is 5.69 Å². The van der Waals surface area contributed by atoms with Crippen LogP contribution in [0.2, 0.25) is 0 Å². The lowest BCUT2D eigenvalue weighted by Crippen LogP contribution is -2.23. The number of rotatable bonds is 1. The predicted molar refractivity (Wildman–Crippen MR) is 60.7 cm³/mol. The van der Waals surface area contributed by atoms with Gasteiger partial charge in [-0.05, 0) is 6.07 Å². The van der Waals surface area contributed by atoms with Gasteiger partial charge in [0.2, 0.25) is 0 Å². The van der Waals surface area contributed by atoms with E-state index in [1.165, 1.54) is 0 Å². The second kappa shape index (κ2) is 3.59. The van der Waals surface area contributed by atoms with Crippen molar-refractivity contribution < 1.29 is 0 Å². The highest BCUT2D eigenvalue weighted by Crippen LogP contribution is 2.19. The summed E-state index contributed by atoms with van der Waals surface area (Å²) in [4.78, 5) is 18.1. The van der Waals surface area contributed by atoms with Crippen molar-refractivity contribution in [3.8, 4) is 5.82 Å². The number of nitrogens with zero attached hydrogens (tertiary/aromatic N) is 3. The van der Waals surface area contributed by atoms with E-state index in [9.17, 15) is 4.79 Å². The maximum absolute atomic E-state index is 11.4. The first-order valence-electron chi connectivity index (χ1n) is 5.09. The summed E-state index contributed by atoms with van der Waals surface area (Å²) in [5.41, 5.74) is 0.375. The van der Waals surface area contributed by atoms with Gasteiger partial charge in [0.25, 0.3) is 0 Å². The van der Waals surface area contributed by atoms with Gasteiger partial charge in [-0.2, -0.15) is 10.1 Å². The van der Waals surface area contributed by atoms with Crippen molar-refractivity contribution in [1.29, 1.82) is 0 Å². The van der Waals surface area contributed by atoms with Gasteiger partial charge in [0, 0.05) is 29.6 Å². The Labute approximate surface area is 93.2 Å². The van der Waals surface area contributed by atoms with Crippen molar-refractivity contribution >= 4 is 0 Å². The zero-order chi connectivity index (χ0) is 11.8. The number of hydrogen-bond acceptors (Lipinski definition) is 3. The quantitative estimate of drug-likeness (QED) is 0.783. The van der Waals surface area contributed by atoms with E-state index in [0.29, 0.717) is 5.82 Å². The third-order valence-electron chi connectivity index (χ3n) is 2.28. The Hall–Kier alpha value is -1.91. The minimum Gasteiger partial charge on any atom is -0.309 e. The monoisotopic (exact) mass is 218 g/mol. The minimum atomic E-state index is -0.349. The molecule has 2 heterocycles. The van der Waals surface area contributed by atoms with Gasteiger partial charge in [-0.15, -0.1) is 0 Å². The molecule has 0 aromatic carbocycles. The molecule has 1 N–H and O–H groups in total. The Bertz CT molecular complexity index is 534. The van der Waals surface area contributed by atoms with Crippen LogP contribution in [0.25, 0.3) is 5.82 Å². The van der Waals surface area contributed by atoms with Gasteiger partial charge in [0.15, 0.2) is 5.82 Å². The summed E-state index contributed by atoms with van der Waals surface area (Å²) >= 11 is 0. The molecule has 0 aliphatic rings. The van der Waals surface area contributed by atoms with Crippen LogP contribution in [0, 0.1) is 0 Å². The van der Waals surface area contributed by atoms with Gasteiger partial charge < -0.3 is 4.98 Å². The van der Waals surface area contributed by atoms with Gasteiger partial charge in [0.05, 0.1) is 0 Å². The molecular weight excluding hydrogens is 204 g/mol. The molecular formula is C11H14N4O. The van der Waals surface area contributed by atoms with Gasteiger partial charge in [-0.3, -0.25) is 0 Å². The maximum Gasteiger partial charge on any atom is 0.347 e. The zero-order valence-corrected chi connectivity index (χ0v) is 9.56. The molecule has 0 aliphatic heterocycles. The fraction of sp³-hybridized carbons (Fsp3) is 0.364. The van der Waals surface area contributed by atoms with Gasteiger partial charge in [0.1, 0.15) is 0 Å². The summed E-state index contributed by atoms with van der Waals surface area (Å²) in [5.74, 6) is 0.540. The van der Waals surface area contributed by atoms with Crippen LogP contribution in [0.3, 0.4) is 0 Å². The zero-order valence-electron chi connectivity index (χ0n) is 9.56. The second-order valence-corrected chi connectivity index (χ2v) is 4.66. The van der Waals surface area contributed by atoms with E-state index in [1.807, 2.05) is 26.8 Å². The molecule has 5 nitrogen and oxygen atoms in total. The second-order valence-electron chi connectivity index (χ2n) is 4.66. The SMILES string of the molecule is CC(C)(C)c1cc(-n2cccn2)nc(=O)[nH]1. The number of aromatic amines is 1. The lowest BCUT2D eigenvalue weighted by atomic mass is 9.92. The number of hydrogen-bond donors (Lipinski definition) is 1. The van der Waals surface area contributed by atoms with Gasteiger partial charge in [-0.25, -0.2) is 9.48 Å². The van der Waals surface area contributed by atoms with E-state index >= 15 is 0 Å². The first kappa shape index (κ1) is 10.6. The van der Waals surface area contributed by atoms with Crippen molar-refractivity contribution in [1.82, 2.24) is 19.7 Å². The van der Waals surface area contributed by atoms with Crippen LogP contribution in [0.5, 0.6) is 0 Å². The summed E-state index contributed by atoms with van der Waals surface area (Å²) in [6, 6.07) is 3.63. The van der Waals surface area contributed by atoms with Crippen molar-refractivity contribution in [2.75, 3.05) is 0 Å². The summed E-state index contributed by atoms with van der Waals surface area (Å²) < 4.78 is 1.57. The fourth-order valence-electron chi connectivity index (χ4n) is 1.37. The third-order valence-corrected chi connectivity index (χ3v) is 2.28. The van der Waals surface area contributed by atoms with E-state index in [1.54, 1.807) is 23.1 Å². The van der Waals surface area contributed by atoms with Gasteiger partial charge >= 0.3 is 5.69 Å². The van der Waals surface area contributed by atoms with Crippen molar-refractivity contribution in [2.45, 2.75) is 26.2 Å². The Morgan fingerprint density at radius 2 is 2.12 bits per heavy atom. The molecule has 16 heavy (non-hydrogen) atoms. The van der Waals surface area contributed by atoms with E-state index in [-0.39, 0.29) is 11.1 Å². The molecule has 0 unspecified atom stereocenters. The number of nitrogens with one attached hydrogen (secondary N) is 1. The largest absolute Gasteiger partial charge is 0.347 e. The number of H-pyrrole nitrogens is 1. The lowest BCUT2D eigenvalue weighted by Gasteiger charge is -2.18. The molecule has 0 spiro atoms. The first-order chi connectivity index (χ1) is 7.47. The van der Waals surface area contributed by atoms with Crippen LogP contribution in [0.4, 0.5) is 0 Å². The normalized spacial score (nSPS) is 11.7. The standard InChI is InChI=1S/C11H14N4O/c1-11(2,3)8-7-9(14-10(16)13-8)15-6-4-5-12-15/h4-7H,1-3H3,(H,13,14,16). The highest BCUT2D eigenvalue weighted by atomic mass is 16.1.